The Labute approximate surface area is 163 Å². The average Bonchev–Trinajstić information content (AvgIpc) is 3.15. The first kappa shape index (κ1) is 19.4. The molecule has 5 nitrogen and oxygen atoms in total. The van der Waals surface area contributed by atoms with Gasteiger partial charge in [-0.3, -0.25) is 0 Å². The van der Waals surface area contributed by atoms with E-state index in [-0.39, 0.29) is 16.6 Å². The lowest BCUT2D eigenvalue weighted by atomic mass is 9.98. The van der Waals surface area contributed by atoms with Crippen molar-refractivity contribution in [1.29, 1.82) is 0 Å². The van der Waals surface area contributed by atoms with E-state index < -0.39 is 10.1 Å². The molecule has 0 unspecified atom stereocenters. The highest BCUT2D eigenvalue weighted by atomic mass is 32.2. The number of hydrogen-bond donors (Lipinski definition) is 0. The molecular formula is C20H21NO4S2. The number of thiazole rings is 1. The predicted octanol–water partition coefficient (Wildman–Crippen LogP) is 5.02. The fourth-order valence-electron chi connectivity index (χ4n) is 2.68. The Balaban J connectivity index is 2.10. The first-order valence-electron chi connectivity index (χ1n) is 8.43. The van der Waals surface area contributed by atoms with Gasteiger partial charge in [-0.1, -0.05) is 31.5 Å². The van der Waals surface area contributed by atoms with Crippen LogP contribution in [-0.2, 0) is 10.1 Å². The van der Waals surface area contributed by atoms with Gasteiger partial charge in [-0.05, 0) is 37.1 Å². The summed E-state index contributed by atoms with van der Waals surface area (Å²) in [4.78, 5) is 4.43. The minimum Gasteiger partial charge on any atom is -0.496 e. The van der Waals surface area contributed by atoms with E-state index in [4.69, 9.17) is 8.92 Å². The normalized spacial score (nSPS) is 11.6. The molecule has 3 rings (SSSR count). The molecule has 0 radical (unpaired) electrons. The predicted molar refractivity (Wildman–Crippen MR) is 107 cm³/mol. The van der Waals surface area contributed by atoms with E-state index in [1.807, 2.05) is 32.2 Å². The molecule has 0 fully saturated rings. The minimum atomic E-state index is -3.95. The van der Waals surface area contributed by atoms with E-state index in [2.05, 4.69) is 4.98 Å². The summed E-state index contributed by atoms with van der Waals surface area (Å²) in [5, 5.41) is 1.88. The van der Waals surface area contributed by atoms with Crippen molar-refractivity contribution >= 4 is 21.5 Å². The van der Waals surface area contributed by atoms with Gasteiger partial charge in [-0.15, -0.1) is 11.3 Å². The number of methoxy groups -OCH3 is 1. The number of hydrogen-bond acceptors (Lipinski definition) is 6. The molecule has 0 aliphatic heterocycles. The van der Waals surface area contributed by atoms with Crippen LogP contribution in [0.25, 0.3) is 11.3 Å². The highest BCUT2D eigenvalue weighted by Gasteiger charge is 2.22. The summed E-state index contributed by atoms with van der Waals surface area (Å²) in [5.41, 5.74) is 4.85. The maximum Gasteiger partial charge on any atom is 0.339 e. The Morgan fingerprint density at radius 1 is 1.07 bits per heavy atom. The Morgan fingerprint density at radius 3 is 2.33 bits per heavy atom. The molecule has 0 atom stereocenters. The van der Waals surface area contributed by atoms with Gasteiger partial charge in [0.05, 0.1) is 18.3 Å². The third-order valence-electron chi connectivity index (χ3n) is 4.17. The first-order chi connectivity index (χ1) is 12.8. The second-order valence-corrected chi connectivity index (χ2v) is 8.73. The Morgan fingerprint density at radius 2 is 1.78 bits per heavy atom. The summed E-state index contributed by atoms with van der Waals surface area (Å²) < 4.78 is 36.6. The van der Waals surface area contributed by atoms with Crippen LogP contribution in [-0.4, -0.2) is 20.5 Å². The molecule has 0 amide bonds. The zero-order valence-electron chi connectivity index (χ0n) is 15.6. The van der Waals surface area contributed by atoms with Gasteiger partial charge >= 0.3 is 10.1 Å². The molecule has 1 aromatic heterocycles. The average molecular weight is 404 g/mol. The van der Waals surface area contributed by atoms with Crippen molar-refractivity contribution in [3.63, 3.8) is 0 Å². The summed E-state index contributed by atoms with van der Waals surface area (Å²) >= 11 is 1.46. The van der Waals surface area contributed by atoms with E-state index in [0.29, 0.717) is 17.0 Å². The third-order valence-corrected chi connectivity index (χ3v) is 6.01. The Bertz CT molecular complexity index is 1020. The zero-order valence-corrected chi connectivity index (χ0v) is 17.2. The number of aromatic nitrogens is 1. The number of nitrogens with zero attached hydrogens (tertiary/aromatic N) is 1. The van der Waals surface area contributed by atoms with Gasteiger partial charge in [0.25, 0.3) is 0 Å². The number of rotatable bonds is 6. The van der Waals surface area contributed by atoms with Crippen molar-refractivity contribution in [3.05, 3.63) is 58.4 Å². The number of ether oxygens (including phenoxy) is 1. The van der Waals surface area contributed by atoms with Crippen LogP contribution < -0.4 is 8.92 Å². The summed E-state index contributed by atoms with van der Waals surface area (Å²) in [7, 11) is -2.37. The largest absolute Gasteiger partial charge is 0.496 e. The smallest absolute Gasteiger partial charge is 0.339 e. The number of benzene rings is 2. The van der Waals surface area contributed by atoms with Gasteiger partial charge in [-0.2, -0.15) is 8.42 Å². The van der Waals surface area contributed by atoms with Gasteiger partial charge in [0, 0.05) is 16.5 Å². The van der Waals surface area contributed by atoms with E-state index >= 15 is 0 Å². The maximum absolute atomic E-state index is 12.8. The van der Waals surface area contributed by atoms with Crippen LogP contribution >= 0.6 is 11.3 Å². The third kappa shape index (κ3) is 4.14. The molecule has 0 saturated heterocycles. The standard InChI is InChI=1S/C20H21NO4S2/c1-13(2)16-9-19(24-4)17(18-11-26-12-21-18)10-20(16)25-27(22,23)15-7-5-14(3)6-8-15/h5-13H,1-4H3. The van der Waals surface area contributed by atoms with Crippen molar-refractivity contribution in [2.75, 3.05) is 7.11 Å². The van der Waals surface area contributed by atoms with Gasteiger partial charge in [0.1, 0.15) is 16.4 Å². The van der Waals surface area contributed by atoms with Crippen molar-refractivity contribution in [2.45, 2.75) is 31.6 Å². The molecule has 2 aromatic carbocycles. The van der Waals surface area contributed by atoms with Crippen LogP contribution in [0.15, 0.2) is 52.2 Å². The van der Waals surface area contributed by atoms with E-state index in [0.717, 1.165) is 11.1 Å². The van der Waals surface area contributed by atoms with Crippen LogP contribution in [0.4, 0.5) is 0 Å². The second-order valence-electron chi connectivity index (χ2n) is 6.47. The fraction of sp³-hybridized carbons (Fsp3) is 0.250. The molecule has 7 heteroatoms. The maximum atomic E-state index is 12.8. The molecular weight excluding hydrogens is 382 g/mol. The molecule has 0 bridgehead atoms. The lowest BCUT2D eigenvalue weighted by Crippen LogP contribution is -2.12. The highest BCUT2D eigenvalue weighted by molar-refractivity contribution is 7.87. The number of aryl methyl sites for hydroxylation is 1. The van der Waals surface area contributed by atoms with Crippen molar-refractivity contribution in [2.24, 2.45) is 0 Å². The van der Waals surface area contributed by atoms with E-state index in [9.17, 15) is 8.42 Å². The minimum absolute atomic E-state index is 0.0478. The topological polar surface area (TPSA) is 65.5 Å². The zero-order chi connectivity index (χ0) is 19.6. The van der Waals surface area contributed by atoms with Gasteiger partial charge in [0.2, 0.25) is 0 Å². The van der Waals surface area contributed by atoms with Crippen molar-refractivity contribution in [3.8, 4) is 22.8 Å². The lowest BCUT2D eigenvalue weighted by Gasteiger charge is -2.17. The van der Waals surface area contributed by atoms with Crippen LogP contribution in [0.5, 0.6) is 11.5 Å². The summed E-state index contributed by atoms with van der Waals surface area (Å²) in [6.07, 6.45) is 0. The van der Waals surface area contributed by atoms with Gasteiger partial charge < -0.3 is 8.92 Å². The molecule has 0 aliphatic rings. The van der Waals surface area contributed by atoms with Crippen LogP contribution in [0.3, 0.4) is 0 Å². The summed E-state index contributed by atoms with van der Waals surface area (Å²) in [6, 6.07) is 10.1. The molecule has 1 heterocycles. The SMILES string of the molecule is COc1cc(C(C)C)c(OS(=O)(=O)c2ccc(C)cc2)cc1-c1cscn1. The fourth-order valence-corrected chi connectivity index (χ4v) is 4.18. The molecule has 0 saturated carbocycles. The van der Waals surface area contributed by atoms with E-state index in [1.165, 1.54) is 11.3 Å². The Hall–Kier alpha value is -2.38. The quantitative estimate of drug-likeness (QED) is 0.541. The monoisotopic (exact) mass is 403 g/mol. The van der Waals surface area contributed by atoms with Gasteiger partial charge in [-0.25, -0.2) is 4.98 Å². The highest BCUT2D eigenvalue weighted by Crippen LogP contribution is 2.39. The van der Waals surface area contributed by atoms with Crippen LogP contribution in [0, 0.1) is 6.92 Å². The van der Waals surface area contributed by atoms with Crippen molar-refractivity contribution < 1.29 is 17.3 Å². The van der Waals surface area contributed by atoms with Gasteiger partial charge in [0.15, 0.2) is 0 Å². The molecule has 142 valence electrons. The van der Waals surface area contributed by atoms with E-state index in [1.54, 1.807) is 43.0 Å². The molecule has 27 heavy (non-hydrogen) atoms. The van der Waals surface area contributed by atoms with Crippen LogP contribution in [0.1, 0.15) is 30.9 Å². The van der Waals surface area contributed by atoms with Crippen molar-refractivity contribution in [1.82, 2.24) is 4.98 Å². The molecule has 0 aliphatic carbocycles. The second kappa shape index (κ2) is 7.70. The Kier molecular flexibility index (Phi) is 5.53. The molecule has 3 aromatic rings. The summed E-state index contributed by atoms with van der Waals surface area (Å²) in [5.74, 6) is 0.964. The first-order valence-corrected chi connectivity index (χ1v) is 10.8. The molecule has 0 N–H and O–H groups in total. The summed E-state index contributed by atoms with van der Waals surface area (Å²) in [6.45, 7) is 5.85. The molecule has 0 spiro atoms. The lowest BCUT2D eigenvalue weighted by molar-refractivity contribution is 0.414. The van der Waals surface area contributed by atoms with Crippen LogP contribution in [0.2, 0.25) is 0 Å².